The quantitative estimate of drug-likeness (QED) is 0.747. The molecule has 1 aliphatic rings. The number of hydrogen-bond donors (Lipinski definition) is 1. The van der Waals surface area contributed by atoms with Gasteiger partial charge in [0, 0.05) is 18.4 Å². The SMILES string of the molecule is CCC1C(N)CC1c1cccnc1. The molecule has 1 aromatic heterocycles. The lowest BCUT2D eigenvalue weighted by atomic mass is 9.66. The standard InChI is InChI=1S/C11H16N2/c1-2-9-10(6-11(9)12)8-4-3-5-13-7-8/h3-5,7,9-11H,2,6,12H2,1H3. The highest BCUT2D eigenvalue weighted by Crippen LogP contribution is 2.42. The predicted molar refractivity (Wildman–Crippen MR) is 53.4 cm³/mol. The second-order valence-corrected chi connectivity index (χ2v) is 3.86. The van der Waals surface area contributed by atoms with Gasteiger partial charge in [0.25, 0.3) is 0 Å². The summed E-state index contributed by atoms with van der Waals surface area (Å²) in [6.07, 6.45) is 6.10. The third-order valence-electron chi connectivity index (χ3n) is 3.18. The van der Waals surface area contributed by atoms with Gasteiger partial charge in [-0.05, 0) is 29.9 Å². The first kappa shape index (κ1) is 8.70. The van der Waals surface area contributed by atoms with Crippen LogP contribution in [0.2, 0.25) is 0 Å². The van der Waals surface area contributed by atoms with Crippen LogP contribution < -0.4 is 5.73 Å². The molecule has 0 amide bonds. The number of aromatic nitrogens is 1. The molecule has 0 spiro atoms. The Bertz CT molecular complexity index is 271. The van der Waals surface area contributed by atoms with E-state index in [1.165, 1.54) is 12.0 Å². The van der Waals surface area contributed by atoms with E-state index in [1.54, 1.807) is 0 Å². The Labute approximate surface area is 79.2 Å². The van der Waals surface area contributed by atoms with E-state index in [2.05, 4.69) is 18.0 Å². The molecule has 1 heterocycles. The van der Waals surface area contributed by atoms with Crippen LogP contribution in [0.1, 0.15) is 31.2 Å². The third kappa shape index (κ3) is 1.46. The van der Waals surface area contributed by atoms with Gasteiger partial charge >= 0.3 is 0 Å². The molecule has 0 saturated heterocycles. The number of nitrogens with zero attached hydrogens (tertiary/aromatic N) is 1. The molecule has 2 rings (SSSR count). The van der Waals surface area contributed by atoms with Crippen molar-refractivity contribution in [2.45, 2.75) is 31.7 Å². The fraction of sp³-hybridized carbons (Fsp3) is 0.545. The molecule has 13 heavy (non-hydrogen) atoms. The van der Waals surface area contributed by atoms with Gasteiger partial charge in [-0.1, -0.05) is 19.4 Å². The van der Waals surface area contributed by atoms with E-state index >= 15 is 0 Å². The Balaban J connectivity index is 2.12. The Morgan fingerprint density at radius 1 is 1.62 bits per heavy atom. The second kappa shape index (κ2) is 3.46. The molecule has 70 valence electrons. The second-order valence-electron chi connectivity index (χ2n) is 3.86. The number of nitrogens with two attached hydrogens (primary N) is 1. The van der Waals surface area contributed by atoms with Crippen molar-refractivity contribution in [3.05, 3.63) is 30.1 Å². The molecule has 0 bridgehead atoms. The van der Waals surface area contributed by atoms with Crippen LogP contribution in [0.5, 0.6) is 0 Å². The minimum absolute atomic E-state index is 0.412. The van der Waals surface area contributed by atoms with E-state index in [-0.39, 0.29) is 0 Å². The Hall–Kier alpha value is -0.890. The number of pyridine rings is 1. The van der Waals surface area contributed by atoms with Crippen molar-refractivity contribution in [3.63, 3.8) is 0 Å². The zero-order valence-corrected chi connectivity index (χ0v) is 7.98. The zero-order valence-electron chi connectivity index (χ0n) is 7.98. The summed E-state index contributed by atoms with van der Waals surface area (Å²) in [5.74, 6) is 1.33. The molecular weight excluding hydrogens is 160 g/mol. The average molecular weight is 176 g/mol. The number of hydrogen-bond acceptors (Lipinski definition) is 2. The third-order valence-corrected chi connectivity index (χ3v) is 3.18. The maximum atomic E-state index is 5.94. The van der Waals surface area contributed by atoms with Crippen molar-refractivity contribution in [1.82, 2.24) is 4.98 Å². The smallest absolute Gasteiger partial charge is 0.0302 e. The Morgan fingerprint density at radius 2 is 2.46 bits per heavy atom. The molecule has 0 aromatic carbocycles. The van der Waals surface area contributed by atoms with Crippen LogP contribution >= 0.6 is 0 Å². The Morgan fingerprint density at radius 3 is 3.00 bits per heavy atom. The van der Waals surface area contributed by atoms with Crippen molar-refractivity contribution in [3.8, 4) is 0 Å². The van der Waals surface area contributed by atoms with Gasteiger partial charge in [0.1, 0.15) is 0 Å². The minimum Gasteiger partial charge on any atom is -0.327 e. The van der Waals surface area contributed by atoms with Gasteiger partial charge < -0.3 is 5.73 Å². The maximum absolute atomic E-state index is 5.94. The van der Waals surface area contributed by atoms with Crippen LogP contribution in [0.3, 0.4) is 0 Å². The molecule has 1 aliphatic carbocycles. The summed E-state index contributed by atoms with van der Waals surface area (Å²) in [4.78, 5) is 4.14. The van der Waals surface area contributed by atoms with Crippen molar-refractivity contribution >= 4 is 0 Å². The van der Waals surface area contributed by atoms with Crippen LogP contribution in [0.4, 0.5) is 0 Å². The molecule has 1 saturated carbocycles. The van der Waals surface area contributed by atoms with E-state index in [4.69, 9.17) is 5.73 Å². The number of rotatable bonds is 2. The molecule has 3 atom stereocenters. The fourth-order valence-electron chi connectivity index (χ4n) is 2.31. The highest BCUT2D eigenvalue weighted by molar-refractivity contribution is 5.21. The van der Waals surface area contributed by atoms with Crippen LogP contribution in [0.25, 0.3) is 0 Å². The van der Waals surface area contributed by atoms with E-state index < -0.39 is 0 Å². The highest BCUT2D eigenvalue weighted by atomic mass is 14.7. The molecule has 2 heteroatoms. The minimum atomic E-state index is 0.412. The van der Waals surface area contributed by atoms with Crippen molar-refractivity contribution in [1.29, 1.82) is 0 Å². The van der Waals surface area contributed by atoms with E-state index in [9.17, 15) is 0 Å². The average Bonchev–Trinajstić information content (AvgIpc) is 2.16. The largest absolute Gasteiger partial charge is 0.327 e. The van der Waals surface area contributed by atoms with Gasteiger partial charge in [0.2, 0.25) is 0 Å². The topological polar surface area (TPSA) is 38.9 Å². The van der Waals surface area contributed by atoms with Gasteiger partial charge in [-0.3, -0.25) is 4.98 Å². The highest BCUT2D eigenvalue weighted by Gasteiger charge is 2.37. The molecule has 1 fully saturated rings. The van der Waals surface area contributed by atoms with Crippen LogP contribution in [-0.4, -0.2) is 11.0 Å². The summed E-state index contributed by atoms with van der Waals surface area (Å²) in [5.41, 5.74) is 7.30. The van der Waals surface area contributed by atoms with Crippen LogP contribution in [0, 0.1) is 5.92 Å². The first-order valence-corrected chi connectivity index (χ1v) is 4.98. The first-order valence-electron chi connectivity index (χ1n) is 4.98. The summed E-state index contributed by atoms with van der Waals surface area (Å²) in [6.45, 7) is 2.22. The molecule has 1 aromatic rings. The molecular formula is C11H16N2. The first-order chi connectivity index (χ1) is 6.33. The summed E-state index contributed by atoms with van der Waals surface area (Å²) >= 11 is 0. The zero-order chi connectivity index (χ0) is 9.26. The van der Waals surface area contributed by atoms with Gasteiger partial charge in [-0.2, -0.15) is 0 Å². The molecule has 2 N–H and O–H groups in total. The molecule has 3 unspecified atom stereocenters. The van der Waals surface area contributed by atoms with E-state index in [0.29, 0.717) is 17.9 Å². The monoisotopic (exact) mass is 176 g/mol. The van der Waals surface area contributed by atoms with Crippen molar-refractivity contribution in [2.75, 3.05) is 0 Å². The predicted octanol–water partition coefficient (Wildman–Crippen LogP) is 1.92. The van der Waals surface area contributed by atoms with Gasteiger partial charge in [0.15, 0.2) is 0 Å². The lowest BCUT2D eigenvalue weighted by Crippen LogP contribution is -2.45. The summed E-state index contributed by atoms with van der Waals surface area (Å²) in [5, 5.41) is 0. The van der Waals surface area contributed by atoms with Gasteiger partial charge in [-0.15, -0.1) is 0 Å². The molecule has 0 aliphatic heterocycles. The van der Waals surface area contributed by atoms with Gasteiger partial charge in [0.05, 0.1) is 0 Å². The van der Waals surface area contributed by atoms with Crippen molar-refractivity contribution in [2.24, 2.45) is 11.7 Å². The lowest BCUT2D eigenvalue weighted by Gasteiger charge is -2.42. The summed E-state index contributed by atoms with van der Waals surface area (Å²) < 4.78 is 0. The summed E-state index contributed by atoms with van der Waals surface area (Å²) in [6, 6.07) is 4.58. The molecule has 0 radical (unpaired) electrons. The maximum Gasteiger partial charge on any atom is 0.0302 e. The van der Waals surface area contributed by atoms with E-state index in [1.807, 2.05) is 18.5 Å². The normalized spacial score (nSPS) is 32.6. The molecule has 2 nitrogen and oxygen atoms in total. The van der Waals surface area contributed by atoms with Crippen LogP contribution in [0.15, 0.2) is 24.5 Å². The fourth-order valence-corrected chi connectivity index (χ4v) is 2.31. The van der Waals surface area contributed by atoms with Crippen molar-refractivity contribution < 1.29 is 0 Å². The summed E-state index contributed by atoms with van der Waals surface area (Å²) in [7, 11) is 0. The van der Waals surface area contributed by atoms with Gasteiger partial charge in [-0.25, -0.2) is 0 Å². The van der Waals surface area contributed by atoms with E-state index in [0.717, 1.165) is 6.42 Å². The van der Waals surface area contributed by atoms with Crippen LogP contribution in [-0.2, 0) is 0 Å². The lowest BCUT2D eigenvalue weighted by molar-refractivity contribution is 0.198. The Kier molecular flexibility index (Phi) is 2.32.